The van der Waals surface area contributed by atoms with E-state index in [0.717, 1.165) is 22.3 Å². The summed E-state index contributed by atoms with van der Waals surface area (Å²) in [6.45, 7) is 5.74. The number of methoxy groups -OCH3 is 2. The number of nitrogens with zero attached hydrogens (tertiary/aromatic N) is 1. The molecule has 2 N–H and O–H groups in total. The van der Waals surface area contributed by atoms with Gasteiger partial charge < -0.3 is 38.4 Å². The van der Waals surface area contributed by atoms with Gasteiger partial charge in [-0.05, 0) is 49.1 Å². The first kappa shape index (κ1) is 36.7. The highest BCUT2D eigenvalue weighted by Gasteiger charge is 2.65. The third-order valence-corrected chi connectivity index (χ3v) is 10.9. The van der Waals surface area contributed by atoms with Crippen molar-refractivity contribution in [1.29, 1.82) is 0 Å². The molecule has 2 aromatic rings. The largest absolute Gasteiger partial charge is 0.495 e. The maximum atomic E-state index is 14.1. The highest BCUT2D eigenvalue weighted by Crippen LogP contribution is 2.51. The lowest BCUT2D eigenvalue weighted by Gasteiger charge is -2.42. The van der Waals surface area contributed by atoms with Crippen LogP contribution < -0.4 is 15.0 Å². The van der Waals surface area contributed by atoms with Crippen LogP contribution in [0.25, 0.3) is 0 Å². The van der Waals surface area contributed by atoms with Gasteiger partial charge in [-0.1, -0.05) is 66.6 Å². The summed E-state index contributed by atoms with van der Waals surface area (Å²) in [7, 11) is 4.68. The number of rotatable bonds is 6. The molecule has 4 heterocycles. The van der Waals surface area contributed by atoms with Crippen molar-refractivity contribution in [1.82, 2.24) is 5.32 Å². The lowest BCUT2D eigenvalue weighted by atomic mass is 9.83. The smallest absolute Gasteiger partial charge is 0.409 e. The Morgan fingerprint density at radius 1 is 1.18 bits per heavy atom. The molecule has 13 heteroatoms. The number of anilines is 1. The predicted molar refractivity (Wildman–Crippen MR) is 190 cm³/mol. The average molecular weight is 729 g/mol. The molecule has 4 bridgehead atoms. The van der Waals surface area contributed by atoms with Gasteiger partial charge in [-0.15, -0.1) is 0 Å². The van der Waals surface area contributed by atoms with Crippen LogP contribution in [-0.4, -0.2) is 80.4 Å². The molecule has 3 fully saturated rings. The Morgan fingerprint density at radius 3 is 2.60 bits per heavy atom. The van der Waals surface area contributed by atoms with Gasteiger partial charge in [0.2, 0.25) is 5.91 Å². The van der Waals surface area contributed by atoms with Crippen molar-refractivity contribution in [3.63, 3.8) is 0 Å². The van der Waals surface area contributed by atoms with Crippen LogP contribution in [0.4, 0.5) is 10.5 Å². The molecule has 50 heavy (non-hydrogen) atoms. The van der Waals surface area contributed by atoms with E-state index in [-0.39, 0.29) is 30.8 Å². The molecule has 2 aromatic carbocycles. The number of epoxide rings is 2. The number of ether oxygens (including phenoxy) is 6. The SMILES string of the molecule is COc1cc2cc(c1Cl)N(C)C(=O)CC(OC1OC1c1ccc(CS)cc1)C1(C)OC1C(C)C1CC(O)(NC(=O)O1)C(OC)C=CC=C(C)C2. The zero-order valence-corrected chi connectivity index (χ0v) is 30.7. The number of hydrogen-bond acceptors (Lipinski definition) is 10. The van der Waals surface area contributed by atoms with Crippen molar-refractivity contribution >= 4 is 41.9 Å². The molecular formula is C37H45ClN2O9S. The summed E-state index contributed by atoms with van der Waals surface area (Å²) >= 11 is 11.1. The Morgan fingerprint density at radius 2 is 1.92 bits per heavy atom. The second-order valence-electron chi connectivity index (χ2n) is 13.7. The van der Waals surface area contributed by atoms with Crippen LogP contribution in [0.2, 0.25) is 5.02 Å². The molecule has 0 aromatic heterocycles. The Labute approximate surface area is 303 Å². The van der Waals surface area contributed by atoms with E-state index >= 15 is 0 Å². The molecule has 2 amide bonds. The van der Waals surface area contributed by atoms with E-state index in [1.165, 1.54) is 19.1 Å². The highest BCUT2D eigenvalue weighted by molar-refractivity contribution is 7.79. The Kier molecular flexibility index (Phi) is 10.6. The standard InChI is InChI=1S/C37H45ClN2O9S/c1-20-8-7-9-28(45-6)37(43)18-27(46-35(42)39-37)21(2)33-36(3,49-33)29(47-34-32(48-34)24-12-10-22(19-50)11-13-24)17-30(41)40(4)25-15-23(14-20)16-26(44-5)31(25)38/h7-13,15-16,21,27-29,32-34,43,50H,14,17-19H2,1-6H3,(H,39,42). The molecule has 6 rings (SSSR count). The van der Waals surface area contributed by atoms with E-state index in [9.17, 15) is 14.7 Å². The maximum Gasteiger partial charge on any atom is 0.409 e. The zero-order valence-electron chi connectivity index (χ0n) is 29.1. The number of amides is 2. The number of carbonyl (C=O) groups excluding carboxylic acids is 2. The van der Waals surface area contributed by atoms with E-state index in [1.807, 2.05) is 63.2 Å². The van der Waals surface area contributed by atoms with Gasteiger partial charge in [0.1, 0.15) is 40.8 Å². The normalized spacial score (nSPS) is 34.3. The molecule has 0 aliphatic carbocycles. The van der Waals surface area contributed by atoms with Crippen LogP contribution in [0, 0.1) is 5.92 Å². The minimum atomic E-state index is -1.75. The van der Waals surface area contributed by atoms with Crippen LogP contribution in [0.3, 0.4) is 0 Å². The third-order valence-electron chi connectivity index (χ3n) is 10.2. The van der Waals surface area contributed by atoms with Crippen LogP contribution in [-0.2, 0) is 40.7 Å². The number of halogens is 1. The van der Waals surface area contributed by atoms with E-state index in [1.54, 1.807) is 19.2 Å². The van der Waals surface area contributed by atoms with Crippen LogP contribution in [0.1, 0.15) is 56.4 Å². The van der Waals surface area contributed by atoms with Gasteiger partial charge in [-0.2, -0.15) is 12.6 Å². The first-order valence-corrected chi connectivity index (χ1v) is 17.7. The molecule has 0 spiro atoms. The number of carbonyl (C=O) groups is 2. The fourth-order valence-corrected chi connectivity index (χ4v) is 7.57. The number of hydrogen-bond donors (Lipinski definition) is 3. The minimum absolute atomic E-state index is 0.0365. The quantitative estimate of drug-likeness (QED) is 0.255. The summed E-state index contributed by atoms with van der Waals surface area (Å²) in [5.41, 5.74) is 1.69. The summed E-state index contributed by atoms with van der Waals surface area (Å²) in [4.78, 5) is 28.5. The number of nitrogens with one attached hydrogen (secondary N) is 1. The third kappa shape index (κ3) is 7.43. The van der Waals surface area contributed by atoms with Gasteiger partial charge >= 0.3 is 6.09 Å². The molecule has 3 saturated heterocycles. The Balaban J connectivity index is 1.35. The fourth-order valence-electron chi connectivity index (χ4n) is 7.04. The lowest BCUT2D eigenvalue weighted by Crippen LogP contribution is -2.63. The Hall–Kier alpha value is -3.10. The predicted octanol–water partition coefficient (Wildman–Crippen LogP) is 5.67. The summed E-state index contributed by atoms with van der Waals surface area (Å²) in [5, 5.41) is 14.6. The van der Waals surface area contributed by atoms with Crippen LogP contribution >= 0.6 is 24.2 Å². The van der Waals surface area contributed by atoms with Gasteiger partial charge in [-0.25, -0.2) is 4.79 Å². The van der Waals surface area contributed by atoms with Crippen molar-refractivity contribution in [2.24, 2.45) is 5.92 Å². The summed E-state index contributed by atoms with van der Waals surface area (Å²) in [6, 6.07) is 11.7. The topological polar surface area (TPSA) is 132 Å². The molecule has 9 atom stereocenters. The van der Waals surface area contributed by atoms with E-state index in [2.05, 4.69) is 17.9 Å². The molecule has 4 aliphatic rings. The minimum Gasteiger partial charge on any atom is -0.495 e. The van der Waals surface area contributed by atoms with Crippen molar-refractivity contribution in [3.05, 3.63) is 81.9 Å². The average Bonchev–Trinajstić information content (AvgIpc) is 4.01. The van der Waals surface area contributed by atoms with E-state index in [4.69, 9.17) is 40.0 Å². The monoisotopic (exact) mass is 728 g/mol. The van der Waals surface area contributed by atoms with Gasteiger partial charge in [0.15, 0.2) is 12.0 Å². The second-order valence-corrected chi connectivity index (χ2v) is 14.4. The molecule has 0 radical (unpaired) electrons. The number of thiol groups is 1. The van der Waals surface area contributed by atoms with E-state index in [0.29, 0.717) is 28.6 Å². The summed E-state index contributed by atoms with van der Waals surface area (Å²) < 4.78 is 35.9. The number of fused-ring (bicyclic) bond motifs is 5. The molecule has 270 valence electrons. The van der Waals surface area contributed by atoms with Gasteiger partial charge in [0.25, 0.3) is 0 Å². The summed E-state index contributed by atoms with van der Waals surface area (Å²) in [6.07, 6.45) is 1.37. The highest BCUT2D eigenvalue weighted by atomic mass is 35.5. The number of aliphatic hydroxyl groups is 1. The fraction of sp³-hybridized carbons (Fsp3) is 0.514. The molecule has 0 saturated carbocycles. The van der Waals surface area contributed by atoms with Crippen molar-refractivity contribution in [3.8, 4) is 5.75 Å². The van der Waals surface area contributed by atoms with Crippen molar-refractivity contribution < 1.29 is 43.1 Å². The zero-order chi connectivity index (χ0) is 36.0. The van der Waals surface area contributed by atoms with Gasteiger partial charge in [0.05, 0.1) is 25.3 Å². The first-order chi connectivity index (χ1) is 23.8. The number of allylic oxidation sites excluding steroid dienone is 3. The molecule has 11 nitrogen and oxygen atoms in total. The van der Waals surface area contributed by atoms with Gasteiger partial charge in [-0.3, -0.25) is 10.1 Å². The van der Waals surface area contributed by atoms with Gasteiger partial charge in [0, 0.05) is 32.2 Å². The van der Waals surface area contributed by atoms with E-state index < -0.39 is 48.1 Å². The second kappa shape index (κ2) is 14.5. The van der Waals surface area contributed by atoms with Crippen LogP contribution in [0.15, 0.2) is 60.2 Å². The lowest BCUT2D eigenvalue weighted by molar-refractivity contribution is -0.142. The van der Waals surface area contributed by atoms with Crippen molar-refractivity contribution in [2.75, 3.05) is 26.2 Å². The van der Waals surface area contributed by atoms with Crippen LogP contribution in [0.5, 0.6) is 5.75 Å². The Bertz CT molecular complexity index is 1670. The number of benzene rings is 2. The molecular weight excluding hydrogens is 684 g/mol. The number of alkyl carbamates (subject to hydrolysis) is 1. The molecule has 9 unspecified atom stereocenters. The summed E-state index contributed by atoms with van der Waals surface area (Å²) in [5.74, 6) is 0.422. The maximum absolute atomic E-state index is 14.1. The molecule has 4 aliphatic heterocycles. The van der Waals surface area contributed by atoms with Crippen molar-refractivity contribution in [2.45, 2.75) is 93.9 Å². The first-order valence-electron chi connectivity index (χ1n) is 16.7.